The van der Waals surface area contributed by atoms with Crippen molar-refractivity contribution in [2.75, 3.05) is 24.6 Å². The first-order valence-corrected chi connectivity index (χ1v) is 18.5. The highest BCUT2D eigenvalue weighted by Gasteiger charge is 2.25. The van der Waals surface area contributed by atoms with E-state index in [9.17, 15) is 23.2 Å². The average molecular weight is 941 g/mol. The van der Waals surface area contributed by atoms with Gasteiger partial charge in [0.1, 0.15) is 17.2 Å². The number of amides is 1. The SMILES string of the molecule is CC(C)(C)OC(=O)NCCSc1nonc1-c1noc(=O)n1-c1ccc(F)c(Br)c1.Cl.NCCSc1nonc1-c1noc(=O)n1-c1ccc(F)c(Br)c1. The Morgan fingerprint density at radius 1 is 0.815 bits per heavy atom. The number of thioether (sulfide) groups is 2. The molecule has 0 atom stereocenters. The second-order valence-electron chi connectivity index (χ2n) is 11.2. The fourth-order valence-electron chi connectivity index (χ4n) is 4.10. The van der Waals surface area contributed by atoms with Crippen molar-refractivity contribution in [3.8, 4) is 34.4 Å². The number of nitrogens with one attached hydrogen (secondary N) is 1. The largest absolute Gasteiger partial charge is 0.446 e. The molecule has 54 heavy (non-hydrogen) atoms. The fourth-order valence-corrected chi connectivity index (χ4v) is 6.24. The highest BCUT2D eigenvalue weighted by Crippen LogP contribution is 2.30. The van der Waals surface area contributed by atoms with E-state index in [1.807, 2.05) is 0 Å². The molecule has 0 bridgehead atoms. The van der Waals surface area contributed by atoms with Gasteiger partial charge < -0.3 is 15.8 Å². The van der Waals surface area contributed by atoms with Gasteiger partial charge in [-0.25, -0.2) is 41.6 Å². The molecule has 0 unspecified atom stereocenters. The first-order chi connectivity index (χ1) is 25.3. The number of halogens is 5. The van der Waals surface area contributed by atoms with Crippen molar-refractivity contribution in [1.29, 1.82) is 0 Å². The van der Waals surface area contributed by atoms with Crippen LogP contribution >= 0.6 is 67.8 Å². The van der Waals surface area contributed by atoms with Crippen LogP contribution in [0.2, 0.25) is 0 Å². The molecule has 6 aromatic rings. The second-order valence-corrected chi connectivity index (χ2v) is 15.0. The molecule has 3 N–H and O–H groups in total. The fraction of sp³-hybridized carbons (Fsp3) is 0.276. The van der Waals surface area contributed by atoms with Gasteiger partial charge in [0.15, 0.2) is 21.4 Å². The summed E-state index contributed by atoms with van der Waals surface area (Å²) in [5, 5.41) is 26.0. The molecule has 0 saturated heterocycles. The minimum atomic E-state index is -0.783. The predicted octanol–water partition coefficient (Wildman–Crippen LogP) is 5.64. The highest BCUT2D eigenvalue weighted by molar-refractivity contribution is 9.10. The summed E-state index contributed by atoms with van der Waals surface area (Å²) in [5.41, 5.74) is 5.96. The summed E-state index contributed by atoms with van der Waals surface area (Å²) < 4.78 is 53.7. The van der Waals surface area contributed by atoms with Crippen LogP contribution in [0.1, 0.15) is 20.8 Å². The maximum Gasteiger partial charge on any atom is 0.446 e. The van der Waals surface area contributed by atoms with Crippen LogP contribution in [-0.4, -0.2) is 76.4 Å². The Labute approximate surface area is 333 Å². The standard InChI is InChI=1S/C17H17BrFN5O5S.C12H9BrFN5O3S.ClH/c1-17(2,3)27-15(25)20-6-7-30-14-12(21-29-23-14)13-22-28-16(26)24(13)9-4-5-11(19)10(18)8-9;13-7-5-6(1-2-8(7)14)19-10(17-21-12(19)20)9-11(18-22-16-9)23-4-3-15;/h4-5,8H,6-7H2,1-3H3,(H,20,25);1-2,5H,3-4,15H2;1H. The number of aromatic nitrogens is 8. The third-order valence-corrected chi connectivity index (χ3v) is 9.38. The quantitative estimate of drug-likeness (QED) is 0.118. The molecule has 2 aromatic carbocycles. The van der Waals surface area contributed by atoms with Gasteiger partial charge in [0.25, 0.3) is 0 Å². The molecule has 25 heteroatoms. The van der Waals surface area contributed by atoms with Crippen molar-refractivity contribution in [3.05, 3.63) is 78.1 Å². The van der Waals surface area contributed by atoms with Crippen LogP contribution in [0.4, 0.5) is 13.6 Å². The normalized spacial score (nSPS) is 11.1. The van der Waals surface area contributed by atoms with Gasteiger partial charge in [-0.1, -0.05) is 33.8 Å². The first kappa shape index (κ1) is 42.4. The molecular formula is C29H27Br2ClF2N10O8S2. The topological polar surface area (TPSA) is 238 Å². The lowest BCUT2D eigenvalue weighted by atomic mass is 10.2. The van der Waals surface area contributed by atoms with Crippen LogP contribution in [0.15, 0.2) is 83.3 Å². The first-order valence-electron chi connectivity index (χ1n) is 14.9. The number of nitrogens with two attached hydrogens (primary N) is 1. The molecule has 0 aliphatic carbocycles. The van der Waals surface area contributed by atoms with Crippen molar-refractivity contribution in [3.63, 3.8) is 0 Å². The Balaban J connectivity index is 0.000000244. The molecule has 0 aliphatic heterocycles. The van der Waals surface area contributed by atoms with Gasteiger partial charge in [-0.2, -0.15) is 0 Å². The summed E-state index contributed by atoms with van der Waals surface area (Å²) in [4.78, 5) is 35.8. The molecule has 0 spiro atoms. The zero-order valence-corrected chi connectivity index (χ0v) is 33.6. The Bertz CT molecular complexity index is 2330. The smallest absolute Gasteiger partial charge is 0.444 e. The van der Waals surface area contributed by atoms with Crippen LogP contribution in [-0.2, 0) is 4.74 Å². The molecule has 0 aliphatic rings. The van der Waals surface area contributed by atoms with E-state index >= 15 is 0 Å². The maximum atomic E-state index is 13.5. The number of nitrogens with zero attached hydrogens (tertiary/aromatic N) is 8. The summed E-state index contributed by atoms with van der Waals surface area (Å²) in [6.45, 7) is 6.04. The van der Waals surface area contributed by atoms with Crippen LogP contribution in [0.5, 0.6) is 0 Å². The Kier molecular flexibility index (Phi) is 14.8. The molecule has 288 valence electrons. The summed E-state index contributed by atoms with van der Waals surface area (Å²) in [7, 11) is 0. The number of hydrogen-bond acceptors (Lipinski definition) is 17. The van der Waals surface area contributed by atoms with Gasteiger partial charge in [0, 0.05) is 24.6 Å². The number of rotatable bonds is 11. The third-order valence-electron chi connectivity index (χ3n) is 6.24. The van der Waals surface area contributed by atoms with Crippen molar-refractivity contribution >= 4 is 73.9 Å². The molecule has 0 radical (unpaired) electrons. The summed E-state index contributed by atoms with van der Waals surface area (Å²) in [6, 6.07) is 8.06. The van der Waals surface area contributed by atoms with E-state index in [2.05, 4.69) is 68.1 Å². The lowest BCUT2D eigenvalue weighted by Gasteiger charge is -2.19. The monoisotopic (exact) mass is 938 g/mol. The zero-order valence-electron chi connectivity index (χ0n) is 28.0. The van der Waals surface area contributed by atoms with Gasteiger partial charge in [-0.3, -0.25) is 9.05 Å². The molecule has 1 amide bonds. The number of benzene rings is 2. The van der Waals surface area contributed by atoms with Crippen LogP contribution in [0.25, 0.3) is 34.4 Å². The predicted molar refractivity (Wildman–Crippen MR) is 198 cm³/mol. The minimum absolute atomic E-state index is 0. The van der Waals surface area contributed by atoms with E-state index in [0.717, 1.165) is 9.13 Å². The van der Waals surface area contributed by atoms with Crippen molar-refractivity contribution < 1.29 is 36.6 Å². The van der Waals surface area contributed by atoms with Gasteiger partial charge >= 0.3 is 17.6 Å². The van der Waals surface area contributed by atoms with Gasteiger partial charge in [0.05, 0.1) is 20.3 Å². The Hall–Kier alpha value is -4.36. The summed E-state index contributed by atoms with van der Waals surface area (Å²) >= 11 is 8.68. The minimum Gasteiger partial charge on any atom is -0.444 e. The molecule has 0 saturated carbocycles. The van der Waals surface area contributed by atoms with Crippen molar-refractivity contribution in [1.82, 2.24) is 45.4 Å². The second kappa shape index (κ2) is 18.8. The van der Waals surface area contributed by atoms with Gasteiger partial charge in [0.2, 0.25) is 11.6 Å². The van der Waals surface area contributed by atoms with Crippen molar-refractivity contribution in [2.45, 2.75) is 36.4 Å². The van der Waals surface area contributed by atoms with Gasteiger partial charge in [-0.05, 0) is 110 Å². The van der Waals surface area contributed by atoms with Crippen LogP contribution < -0.4 is 22.6 Å². The molecule has 4 aromatic heterocycles. The van der Waals surface area contributed by atoms with E-state index in [0.29, 0.717) is 46.0 Å². The molecular weight excluding hydrogens is 914 g/mol. The number of carbonyl (C=O) groups excluding carboxylic acids is 1. The van der Waals surface area contributed by atoms with Crippen molar-refractivity contribution in [2.24, 2.45) is 5.73 Å². The number of ether oxygens (including phenoxy) is 1. The molecule has 18 nitrogen and oxygen atoms in total. The van der Waals surface area contributed by atoms with Crippen LogP contribution in [0.3, 0.4) is 0 Å². The summed E-state index contributed by atoms with van der Waals surface area (Å²) in [6.07, 6.45) is -0.533. The zero-order chi connectivity index (χ0) is 38.3. The lowest BCUT2D eigenvalue weighted by molar-refractivity contribution is 0.0531. The third kappa shape index (κ3) is 10.4. The summed E-state index contributed by atoms with van der Waals surface area (Å²) in [5.74, 6) is -1.30. The molecule has 0 fully saturated rings. The number of hydrogen-bond donors (Lipinski definition) is 2. The van der Waals surface area contributed by atoms with E-state index in [1.165, 1.54) is 59.9 Å². The van der Waals surface area contributed by atoms with Crippen LogP contribution in [0, 0.1) is 11.6 Å². The van der Waals surface area contributed by atoms with Gasteiger partial charge in [-0.15, -0.1) is 12.4 Å². The molecule has 4 heterocycles. The Morgan fingerprint density at radius 2 is 1.28 bits per heavy atom. The average Bonchev–Trinajstić information content (AvgIpc) is 3.91. The van der Waals surface area contributed by atoms with E-state index in [4.69, 9.17) is 28.8 Å². The molecule has 6 rings (SSSR count). The van der Waals surface area contributed by atoms with E-state index < -0.39 is 34.8 Å². The number of alkyl carbamates (subject to hydrolysis) is 1. The highest BCUT2D eigenvalue weighted by atomic mass is 79.9. The maximum absolute atomic E-state index is 13.5. The Morgan fingerprint density at radius 3 is 1.70 bits per heavy atom. The van der Waals surface area contributed by atoms with E-state index in [-0.39, 0.29) is 44.4 Å². The lowest BCUT2D eigenvalue weighted by Crippen LogP contribution is -2.33. The van der Waals surface area contributed by atoms with E-state index in [1.54, 1.807) is 20.8 Å². The number of carbonyl (C=O) groups is 1.